The summed E-state index contributed by atoms with van der Waals surface area (Å²) in [7, 11) is 1.33. The number of aryl methyl sites for hydroxylation is 2. The van der Waals surface area contributed by atoms with E-state index in [2.05, 4.69) is 0 Å². The van der Waals surface area contributed by atoms with Gasteiger partial charge in [-0.1, -0.05) is 42.0 Å². The van der Waals surface area contributed by atoms with Crippen molar-refractivity contribution < 1.29 is 23.8 Å². The first kappa shape index (κ1) is 20.4. The van der Waals surface area contributed by atoms with Crippen LogP contribution in [0.5, 0.6) is 11.5 Å². The number of methoxy groups -OCH3 is 1. The molecule has 156 valence electrons. The molecule has 31 heavy (non-hydrogen) atoms. The molecule has 0 atom stereocenters. The fourth-order valence-electron chi connectivity index (χ4n) is 3.40. The zero-order valence-corrected chi connectivity index (χ0v) is 17.6. The smallest absolute Gasteiger partial charge is 0.337 e. The van der Waals surface area contributed by atoms with Gasteiger partial charge in [-0.05, 0) is 54.8 Å². The van der Waals surface area contributed by atoms with Gasteiger partial charge in [0.25, 0.3) is 0 Å². The van der Waals surface area contributed by atoms with E-state index in [4.69, 9.17) is 14.2 Å². The van der Waals surface area contributed by atoms with Crippen molar-refractivity contribution in [2.45, 2.75) is 20.5 Å². The first-order chi connectivity index (χ1) is 14.9. The van der Waals surface area contributed by atoms with E-state index in [0.717, 1.165) is 16.7 Å². The molecule has 0 unspecified atom stereocenters. The number of ketones is 1. The molecule has 3 aromatic rings. The van der Waals surface area contributed by atoms with Crippen LogP contribution >= 0.6 is 0 Å². The van der Waals surface area contributed by atoms with Crippen molar-refractivity contribution >= 4 is 17.8 Å². The van der Waals surface area contributed by atoms with Crippen LogP contribution in [-0.4, -0.2) is 18.9 Å². The van der Waals surface area contributed by atoms with Gasteiger partial charge < -0.3 is 14.2 Å². The third-order valence-corrected chi connectivity index (χ3v) is 5.10. The molecule has 0 saturated heterocycles. The van der Waals surface area contributed by atoms with Crippen molar-refractivity contribution in [1.29, 1.82) is 0 Å². The summed E-state index contributed by atoms with van der Waals surface area (Å²) in [6.07, 6.45) is 1.66. The van der Waals surface area contributed by atoms with Gasteiger partial charge in [-0.3, -0.25) is 4.79 Å². The zero-order valence-electron chi connectivity index (χ0n) is 17.6. The first-order valence-corrected chi connectivity index (χ1v) is 9.90. The second-order valence-electron chi connectivity index (χ2n) is 7.44. The summed E-state index contributed by atoms with van der Waals surface area (Å²) in [4.78, 5) is 24.4. The second kappa shape index (κ2) is 8.48. The Hall–Kier alpha value is -3.86. The van der Waals surface area contributed by atoms with Gasteiger partial charge >= 0.3 is 5.97 Å². The van der Waals surface area contributed by atoms with Crippen LogP contribution in [0.15, 0.2) is 66.4 Å². The molecule has 4 rings (SSSR count). The summed E-state index contributed by atoms with van der Waals surface area (Å²) in [5.74, 6) is 0.789. The number of hydrogen-bond acceptors (Lipinski definition) is 5. The summed E-state index contributed by atoms with van der Waals surface area (Å²) >= 11 is 0. The average molecular weight is 414 g/mol. The molecule has 0 spiro atoms. The third kappa shape index (κ3) is 4.36. The van der Waals surface area contributed by atoms with E-state index < -0.39 is 5.97 Å². The lowest BCUT2D eigenvalue weighted by Crippen LogP contribution is -2.01. The third-order valence-electron chi connectivity index (χ3n) is 5.10. The summed E-state index contributed by atoms with van der Waals surface area (Å²) < 4.78 is 16.5. The van der Waals surface area contributed by atoms with Crippen LogP contribution in [0.3, 0.4) is 0 Å². The molecule has 0 radical (unpaired) electrons. The molecule has 0 bridgehead atoms. The minimum absolute atomic E-state index is 0.172. The summed E-state index contributed by atoms with van der Waals surface area (Å²) in [5.41, 5.74) is 4.79. The number of carbonyl (C=O) groups excluding carboxylic acids is 2. The Bertz CT molecular complexity index is 1170. The normalized spacial score (nSPS) is 13.6. The highest BCUT2D eigenvalue weighted by Crippen LogP contribution is 2.37. The number of benzene rings is 3. The summed E-state index contributed by atoms with van der Waals surface area (Å²) in [6.45, 7) is 4.34. The maximum atomic E-state index is 12.9. The molecule has 1 aliphatic rings. The number of esters is 1. The molecule has 0 amide bonds. The molecule has 0 aromatic heterocycles. The van der Waals surface area contributed by atoms with Gasteiger partial charge in [0.15, 0.2) is 5.76 Å². The van der Waals surface area contributed by atoms with E-state index in [1.807, 2.05) is 44.2 Å². The predicted octanol–water partition coefficient (Wildman–Crippen LogP) is 5.29. The number of allylic oxidation sites excluding steroid dienone is 1. The van der Waals surface area contributed by atoms with Crippen LogP contribution in [0.1, 0.15) is 43.0 Å². The zero-order chi connectivity index (χ0) is 22.0. The topological polar surface area (TPSA) is 61.8 Å². The lowest BCUT2D eigenvalue weighted by Gasteiger charge is -2.09. The Morgan fingerprint density at radius 3 is 2.39 bits per heavy atom. The summed E-state index contributed by atoms with van der Waals surface area (Å²) in [5, 5.41) is 0. The Balaban J connectivity index is 1.52. The maximum Gasteiger partial charge on any atom is 0.337 e. The number of Topliss-reactive ketones (excluding diaryl/α,β-unsaturated/α-hetero) is 1. The van der Waals surface area contributed by atoms with Gasteiger partial charge in [-0.15, -0.1) is 0 Å². The standard InChI is InChI=1S/C26H22O5/c1-16-4-6-19(7-5-16)15-30-21-12-17(2)24-22(14-21)31-23(25(24)27)13-18-8-10-20(11-9-18)26(28)29-3/h4-14H,15H2,1-3H3/b23-13-. The van der Waals surface area contributed by atoms with Crippen LogP contribution in [-0.2, 0) is 11.3 Å². The largest absolute Gasteiger partial charge is 0.489 e. The highest BCUT2D eigenvalue weighted by Gasteiger charge is 2.30. The molecule has 0 N–H and O–H groups in total. The fourth-order valence-corrected chi connectivity index (χ4v) is 3.40. The minimum Gasteiger partial charge on any atom is -0.489 e. The van der Waals surface area contributed by atoms with Crippen molar-refractivity contribution in [3.05, 3.63) is 99.8 Å². The predicted molar refractivity (Wildman–Crippen MR) is 117 cm³/mol. The Kier molecular flexibility index (Phi) is 5.58. The van der Waals surface area contributed by atoms with E-state index in [1.165, 1.54) is 12.7 Å². The molecule has 0 aliphatic carbocycles. The molecular weight excluding hydrogens is 392 g/mol. The lowest BCUT2D eigenvalue weighted by atomic mass is 10.0. The van der Waals surface area contributed by atoms with Gasteiger partial charge in [0, 0.05) is 6.07 Å². The van der Waals surface area contributed by atoms with Crippen LogP contribution in [0.2, 0.25) is 0 Å². The monoisotopic (exact) mass is 414 g/mol. The lowest BCUT2D eigenvalue weighted by molar-refractivity contribution is 0.0600. The quantitative estimate of drug-likeness (QED) is 0.420. The molecule has 5 nitrogen and oxygen atoms in total. The van der Waals surface area contributed by atoms with Crippen LogP contribution in [0.25, 0.3) is 6.08 Å². The highest BCUT2D eigenvalue weighted by atomic mass is 16.5. The van der Waals surface area contributed by atoms with E-state index in [1.54, 1.807) is 36.4 Å². The Labute approximate surface area is 180 Å². The molecule has 0 fully saturated rings. The van der Waals surface area contributed by atoms with Gasteiger partial charge in [0.2, 0.25) is 5.78 Å². The van der Waals surface area contributed by atoms with Crippen molar-refractivity contribution in [2.24, 2.45) is 0 Å². The highest BCUT2D eigenvalue weighted by molar-refractivity contribution is 6.15. The molecule has 1 heterocycles. The SMILES string of the molecule is COC(=O)c1ccc(/C=C2\Oc3cc(OCc4ccc(C)cc4)cc(C)c3C2=O)cc1. The van der Waals surface area contributed by atoms with Crippen LogP contribution < -0.4 is 9.47 Å². The Morgan fingerprint density at radius 1 is 1.00 bits per heavy atom. The van der Waals surface area contributed by atoms with Crippen molar-refractivity contribution in [2.75, 3.05) is 7.11 Å². The molecule has 5 heteroatoms. The minimum atomic E-state index is -0.409. The van der Waals surface area contributed by atoms with Gasteiger partial charge in [0.05, 0.1) is 18.2 Å². The van der Waals surface area contributed by atoms with E-state index in [9.17, 15) is 9.59 Å². The van der Waals surface area contributed by atoms with E-state index >= 15 is 0 Å². The van der Waals surface area contributed by atoms with E-state index in [-0.39, 0.29) is 11.5 Å². The van der Waals surface area contributed by atoms with Crippen molar-refractivity contribution in [1.82, 2.24) is 0 Å². The van der Waals surface area contributed by atoms with Crippen LogP contribution in [0.4, 0.5) is 0 Å². The number of rotatable bonds is 5. The molecule has 0 saturated carbocycles. The molecule has 1 aliphatic heterocycles. The first-order valence-electron chi connectivity index (χ1n) is 9.90. The second-order valence-corrected chi connectivity index (χ2v) is 7.44. The molecule has 3 aromatic carbocycles. The van der Waals surface area contributed by atoms with Gasteiger partial charge in [0.1, 0.15) is 18.1 Å². The van der Waals surface area contributed by atoms with Crippen molar-refractivity contribution in [3.63, 3.8) is 0 Å². The summed E-state index contributed by atoms with van der Waals surface area (Å²) in [6, 6.07) is 18.5. The van der Waals surface area contributed by atoms with Gasteiger partial charge in [-0.25, -0.2) is 4.79 Å². The number of fused-ring (bicyclic) bond motifs is 1. The maximum absolute atomic E-state index is 12.9. The average Bonchev–Trinajstić information content (AvgIpc) is 3.08. The number of carbonyl (C=O) groups is 2. The van der Waals surface area contributed by atoms with Gasteiger partial charge in [-0.2, -0.15) is 0 Å². The number of hydrogen-bond donors (Lipinski definition) is 0. The fraction of sp³-hybridized carbons (Fsp3) is 0.154. The van der Waals surface area contributed by atoms with Crippen LogP contribution in [0, 0.1) is 13.8 Å². The van der Waals surface area contributed by atoms with E-state index in [0.29, 0.717) is 29.2 Å². The molecular formula is C26H22O5. The number of ether oxygens (including phenoxy) is 3. The van der Waals surface area contributed by atoms with Crippen molar-refractivity contribution in [3.8, 4) is 11.5 Å². The Morgan fingerprint density at radius 2 is 1.71 bits per heavy atom.